The Morgan fingerprint density at radius 2 is 1.10 bits per heavy atom. The van der Waals surface area contributed by atoms with E-state index in [1.165, 1.54) is 44.5 Å². The highest BCUT2D eigenvalue weighted by molar-refractivity contribution is 6.00. The summed E-state index contributed by atoms with van der Waals surface area (Å²) in [6.07, 6.45) is 10.8. The summed E-state index contributed by atoms with van der Waals surface area (Å²) in [6, 6.07) is 4.44. The van der Waals surface area contributed by atoms with Gasteiger partial charge in [-0.15, -0.1) is 0 Å². The molecule has 41 heavy (non-hydrogen) atoms. The van der Waals surface area contributed by atoms with Crippen molar-refractivity contribution in [3.8, 4) is 0 Å². The van der Waals surface area contributed by atoms with Crippen molar-refractivity contribution in [3.63, 3.8) is 0 Å². The first-order chi connectivity index (χ1) is 19.9. The van der Waals surface area contributed by atoms with Gasteiger partial charge in [0.05, 0.1) is 39.5 Å². The average Bonchev–Trinajstić information content (AvgIpc) is 3.78. The molecule has 3 N–H and O–H groups in total. The van der Waals surface area contributed by atoms with Crippen LogP contribution in [0.2, 0.25) is 0 Å². The Bertz CT molecular complexity index is 1720. The zero-order valence-corrected chi connectivity index (χ0v) is 26.4. The molecule has 0 atom stereocenters. The first kappa shape index (κ1) is 28.9. The minimum Gasteiger partial charge on any atom is -0.395 e. The van der Waals surface area contributed by atoms with Gasteiger partial charge in [-0.3, -0.25) is 0 Å². The smallest absolute Gasteiger partial charge is 0.0923 e. The monoisotopic (exact) mass is 549 g/mol. The molecule has 8 bridgehead atoms. The molecular weight excluding hydrogens is 502 g/mol. The second kappa shape index (κ2) is 11.7. The van der Waals surface area contributed by atoms with Crippen molar-refractivity contribution >= 4 is 51.1 Å². The number of nitrogens with zero attached hydrogens (tertiary/aromatic N) is 3. The van der Waals surface area contributed by atoms with Crippen LogP contribution in [0.15, 0.2) is 12.1 Å². The van der Waals surface area contributed by atoms with Gasteiger partial charge < -0.3 is 15.3 Å². The standard InChI is InChI=1S/C36H47N5/c1-9-21-22(10-2)34-32(37)36-24(12-4)23(11-3)35(41(36)16-8)27(15-7)31-20-18-29(39-31)25(13-5)28-17-19-30(38-28)26(14-6)33(21)40-34/h17-20,38H,9-16,37H2,1-8H3. The number of aryl methyl sites for hydroxylation is 6. The largest absolute Gasteiger partial charge is 0.395 e. The zero-order valence-electron chi connectivity index (χ0n) is 26.4. The lowest BCUT2D eigenvalue weighted by molar-refractivity contribution is 0.816. The van der Waals surface area contributed by atoms with Crippen LogP contribution in [0.4, 0.5) is 5.69 Å². The number of nitrogen functional groups attached to an aromatic ring is 1. The van der Waals surface area contributed by atoms with Gasteiger partial charge in [0, 0.05) is 34.3 Å². The Labute approximate surface area is 245 Å². The molecule has 5 heteroatoms. The second-order valence-electron chi connectivity index (χ2n) is 11.0. The number of nitrogens with one attached hydrogen (secondary N) is 1. The summed E-state index contributed by atoms with van der Waals surface area (Å²) in [5.41, 5.74) is 26.2. The van der Waals surface area contributed by atoms with Crippen LogP contribution in [0.25, 0.3) is 45.4 Å². The molecule has 5 nitrogen and oxygen atoms in total. The van der Waals surface area contributed by atoms with Crippen molar-refractivity contribution in [2.24, 2.45) is 0 Å². The van der Waals surface area contributed by atoms with E-state index >= 15 is 0 Å². The predicted octanol–water partition coefficient (Wildman–Crippen LogP) is 9.10. The van der Waals surface area contributed by atoms with Crippen LogP contribution in [0.5, 0.6) is 0 Å². The Balaban J connectivity index is 2.16. The molecule has 0 aromatic carbocycles. The van der Waals surface area contributed by atoms with Crippen LogP contribution in [0.3, 0.4) is 0 Å². The van der Waals surface area contributed by atoms with E-state index in [1.807, 2.05) is 0 Å². The van der Waals surface area contributed by atoms with Crippen LogP contribution in [0.1, 0.15) is 119 Å². The van der Waals surface area contributed by atoms with E-state index in [9.17, 15) is 0 Å². The first-order valence-corrected chi connectivity index (χ1v) is 15.9. The number of allylic oxidation sites excluding steroid dienone is 2. The topological polar surface area (TPSA) is 72.5 Å². The van der Waals surface area contributed by atoms with Crippen LogP contribution >= 0.6 is 0 Å². The number of hydrogen-bond donors (Lipinski definition) is 2. The van der Waals surface area contributed by atoms with E-state index in [4.69, 9.17) is 15.7 Å². The Kier molecular flexibility index (Phi) is 8.26. The molecule has 2 aliphatic heterocycles. The van der Waals surface area contributed by atoms with Gasteiger partial charge in [-0.2, -0.15) is 0 Å². The lowest BCUT2D eigenvalue weighted by Crippen LogP contribution is -2.02. The molecule has 3 aromatic rings. The van der Waals surface area contributed by atoms with E-state index in [0.29, 0.717) is 0 Å². The van der Waals surface area contributed by atoms with E-state index in [1.54, 1.807) is 0 Å². The van der Waals surface area contributed by atoms with Gasteiger partial charge in [-0.05, 0) is 98.4 Å². The molecule has 216 valence electrons. The molecule has 0 radical (unpaired) electrons. The van der Waals surface area contributed by atoms with Crippen LogP contribution in [0, 0.1) is 0 Å². The number of H-pyrrole nitrogens is 1. The van der Waals surface area contributed by atoms with Gasteiger partial charge in [-0.1, -0.05) is 48.5 Å². The SMILES string of the molecule is CCC1=C(CC)c2nc1c(CC)c1ccc([nH]1)c(CC)c1nc(c(CC)c3c(CC)c(CC)c(c2N)n3CC)C=C1. The molecule has 0 fully saturated rings. The van der Waals surface area contributed by atoms with Crippen LogP contribution < -0.4 is 5.73 Å². The molecule has 0 aliphatic carbocycles. The van der Waals surface area contributed by atoms with E-state index in [2.05, 4.69) is 89.2 Å². The first-order valence-electron chi connectivity index (χ1n) is 15.9. The molecule has 2 aliphatic rings. The van der Waals surface area contributed by atoms with Gasteiger partial charge >= 0.3 is 0 Å². The molecule has 0 amide bonds. The van der Waals surface area contributed by atoms with Crippen molar-refractivity contribution in [3.05, 3.63) is 62.7 Å². The summed E-state index contributed by atoms with van der Waals surface area (Å²) in [4.78, 5) is 14.5. The van der Waals surface area contributed by atoms with Gasteiger partial charge in [0.25, 0.3) is 0 Å². The van der Waals surface area contributed by atoms with Crippen molar-refractivity contribution in [2.45, 2.75) is 107 Å². The molecule has 0 unspecified atom stereocenters. The fourth-order valence-electron chi connectivity index (χ4n) is 7.24. The van der Waals surface area contributed by atoms with Gasteiger partial charge in [0.2, 0.25) is 0 Å². The number of hydrogen-bond acceptors (Lipinski definition) is 3. The van der Waals surface area contributed by atoms with E-state index in [0.717, 1.165) is 96.5 Å². The lowest BCUT2D eigenvalue weighted by atomic mass is 9.96. The van der Waals surface area contributed by atoms with Gasteiger partial charge in [0.1, 0.15) is 0 Å². The van der Waals surface area contributed by atoms with Crippen LogP contribution in [-0.4, -0.2) is 19.5 Å². The van der Waals surface area contributed by atoms with Crippen molar-refractivity contribution in [2.75, 3.05) is 5.73 Å². The Morgan fingerprint density at radius 3 is 1.63 bits per heavy atom. The number of rotatable bonds is 8. The van der Waals surface area contributed by atoms with Crippen LogP contribution in [-0.2, 0) is 38.6 Å². The molecule has 0 saturated heterocycles. The minimum atomic E-state index is 0.811. The van der Waals surface area contributed by atoms with Crippen molar-refractivity contribution < 1.29 is 0 Å². The average molecular weight is 550 g/mol. The van der Waals surface area contributed by atoms with E-state index in [-0.39, 0.29) is 0 Å². The summed E-state index contributed by atoms with van der Waals surface area (Å²) in [6.45, 7) is 18.8. The summed E-state index contributed by atoms with van der Waals surface area (Å²) >= 11 is 0. The molecule has 0 spiro atoms. The van der Waals surface area contributed by atoms with E-state index < -0.39 is 0 Å². The predicted molar refractivity (Wildman–Crippen MR) is 178 cm³/mol. The summed E-state index contributed by atoms with van der Waals surface area (Å²) in [7, 11) is 0. The number of aromatic amines is 1. The maximum atomic E-state index is 7.30. The molecule has 5 heterocycles. The molecule has 5 rings (SSSR count). The highest BCUT2D eigenvalue weighted by Crippen LogP contribution is 2.42. The Hall–Kier alpha value is -3.60. The van der Waals surface area contributed by atoms with Crippen molar-refractivity contribution in [1.29, 1.82) is 0 Å². The maximum Gasteiger partial charge on any atom is 0.0923 e. The lowest BCUT2D eigenvalue weighted by Gasteiger charge is -2.11. The number of fused-ring (bicyclic) bond motifs is 8. The summed E-state index contributed by atoms with van der Waals surface area (Å²) < 4.78 is 2.47. The summed E-state index contributed by atoms with van der Waals surface area (Å²) in [5, 5.41) is 0. The highest BCUT2D eigenvalue weighted by atomic mass is 15.0. The maximum absolute atomic E-state index is 7.30. The molecular formula is C36H47N5. The second-order valence-corrected chi connectivity index (χ2v) is 11.0. The van der Waals surface area contributed by atoms with Gasteiger partial charge in [-0.25, -0.2) is 9.97 Å². The third kappa shape index (κ3) is 4.45. The van der Waals surface area contributed by atoms with Gasteiger partial charge in [0.15, 0.2) is 0 Å². The summed E-state index contributed by atoms with van der Waals surface area (Å²) in [5.74, 6) is 0. The third-order valence-corrected chi connectivity index (χ3v) is 9.10. The third-order valence-electron chi connectivity index (χ3n) is 9.10. The van der Waals surface area contributed by atoms with Crippen molar-refractivity contribution in [1.82, 2.24) is 19.5 Å². The number of nitrogens with two attached hydrogens (primary N) is 1. The fraction of sp³-hybridized carbons (Fsp3) is 0.444. The number of aromatic nitrogens is 4. The highest BCUT2D eigenvalue weighted by Gasteiger charge is 2.26. The zero-order chi connectivity index (χ0) is 29.4. The number of anilines is 1. The minimum absolute atomic E-state index is 0.811. The molecule has 0 saturated carbocycles. The Morgan fingerprint density at radius 1 is 0.585 bits per heavy atom. The molecule has 3 aromatic heterocycles. The quantitative estimate of drug-likeness (QED) is 0.230. The normalized spacial score (nSPS) is 13.1. The fourth-order valence-corrected chi connectivity index (χ4v) is 7.24.